The Morgan fingerprint density at radius 2 is 0.718 bits per heavy atom. The van der Waals surface area contributed by atoms with Crippen LogP contribution in [0.3, 0.4) is 0 Å². The molecule has 0 fully saturated rings. The van der Waals surface area contributed by atoms with Gasteiger partial charge in [0, 0.05) is 19.4 Å². The molecule has 7 nitrogen and oxygen atoms in total. The van der Waals surface area contributed by atoms with Gasteiger partial charge >= 0.3 is 0 Å². The molecule has 0 aliphatic carbocycles. The normalized spacial score (nSPS) is 15.6. The summed E-state index contributed by atoms with van der Waals surface area (Å²) in [5, 5.41) is 46.9. The summed E-state index contributed by atoms with van der Waals surface area (Å²) >= 11 is 0. The highest BCUT2D eigenvalue weighted by atomic mass is 16.3. The largest absolute Gasteiger partial charge is 0.507 e. The van der Waals surface area contributed by atoms with Crippen molar-refractivity contribution >= 4 is 11.7 Å². The molecule has 5 rings (SSSR count). The topological polar surface area (TPSA) is 109 Å². The highest BCUT2D eigenvalue weighted by molar-refractivity contribution is 5.99. The van der Waals surface area contributed by atoms with Crippen LogP contribution in [0.15, 0.2) is 52.4 Å². The summed E-state index contributed by atoms with van der Waals surface area (Å²) in [7, 11) is 0. The molecule has 1 aliphatic heterocycles. The lowest BCUT2D eigenvalue weighted by molar-refractivity contribution is 0.284. The Labute approximate surface area is 431 Å². The average Bonchev–Trinajstić information content (AvgIpc) is 3.19. The van der Waals surface area contributed by atoms with Crippen molar-refractivity contribution in [2.75, 3.05) is 0 Å². The van der Waals surface area contributed by atoms with Gasteiger partial charge in [0.2, 0.25) is 0 Å². The summed E-state index contributed by atoms with van der Waals surface area (Å²) in [6.45, 7) is 50.1. The molecule has 4 N–H and O–H groups in total. The van der Waals surface area contributed by atoms with E-state index >= 15 is 0 Å². The van der Waals surface area contributed by atoms with E-state index in [1.807, 2.05) is 6.92 Å². The molecule has 4 aromatic rings. The van der Waals surface area contributed by atoms with Crippen LogP contribution in [-0.4, -0.2) is 43.2 Å². The van der Waals surface area contributed by atoms with Gasteiger partial charge in [-0.3, -0.25) is 0 Å². The van der Waals surface area contributed by atoms with E-state index in [-0.39, 0.29) is 44.1 Å². The number of hydrogen-bond donors (Lipinski definition) is 4. The predicted octanol–water partition coefficient (Wildman–Crippen LogP) is 16.0. The maximum Gasteiger partial charge on any atom is 0.128 e. The fourth-order valence-corrected chi connectivity index (χ4v) is 10.1. The quantitative estimate of drug-likeness (QED) is 0.120. The Hall–Kier alpha value is -4.78. The van der Waals surface area contributed by atoms with Gasteiger partial charge in [0.15, 0.2) is 0 Å². The van der Waals surface area contributed by atoms with Crippen LogP contribution in [0.5, 0.6) is 23.0 Å². The van der Waals surface area contributed by atoms with Gasteiger partial charge in [0.05, 0.1) is 0 Å². The Balaban J connectivity index is 1.73. The first-order valence-electron chi connectivity index (χ1n) is 26.4. The van der Waals surface area contributed by atoms with Crippen LogP contribution in [-0.2, 0) is 63.7 Å². The SMILES string of the molecule is Cc1cc(C(C)(C)C)c(O)c(C)c1CN1C(CCc2cc(C(C)(C)C)c(O)c(C(C)(C)C)c2)=NC(CCc2cc(C(C)(C)C)c(O)c(C(C)(C)C)c2)=NC1CCc1cc(C(C)(C)C)c(O)c(C(C)(C)C)c1. The second-order valence-electron chi connectivity index (χ2n) is 28.3. The minimum atomic E-state index is -0.282. The van der Waals surface area contributed by atoms with Crippen LogP contribution < -0.4 is 0 Å². The minimum absolute atomic E-state index is 0.236. The third-order valence-electron chi connectivity index (χ3n) is 14.6. The molecule has 1 unspecified atom stereocenters. The predicted molar refractivity (Wildman–Crippen MR) is 302 cm³/mol. The number of aliphatic imine (C=N–C) groups is 2. The summed E-state index contributed by atoms with van der Waals surface area (Å²) in [5.74, 6) is 3.23. The molecule has 0 spiro atoms. The molecule has 0 saturated carbocycles. The Bertz CT molecular complexity index is 2560. The summed E-state index contributed by atoms with van der Waals surface area (Å²) < 4.78 is 0. The zero-order valence-corrected chi connectivity index (χ0v) is 48.7. The number of aromatic hydroxyl groups is 4. The molecule has 1 atom stereocenters. The molecule has 390 valence electrons. The number of rotatable bonds is 11. The molecule has 0 saturated heterocycles. The van der Waals surface area contributed by atoms with Crippen LogP contribution in [0.4, 0.5) is 0 Å². The highest BCUT2D eigenvalue weighted by Gasteiger charge is 2.33. The first kappa shape index (κ1) is 57.1. The molecule has 0 bridgehead atoms. The van der Waals surface area contributed by atoms with Gasteiger partial charge < -0.3 is 25.3 Å². The fraction of sp³-hybridized carbons (Fsp3) is 0.594. The van der Waals surface area contributed by atoms with E-state index in [9.17, 15) is 20.4 Å². The van der Waals surface area contributed by atoms with Crippen LogP contribution in [0.25, 0.3) is 0 Å². The second-order valence-corrected chi connectivity index (χ2v) is 28.3. The van der Waals surface area contributed by atoms with Crippen molar-refractivity contribution in [2.45, 2.75) is 248 Å². The number of hydrogen-bond acceptors (Lipinski definition) is 7. The molecule has 4 aromatic carbocycles. The van der Waals surface area contributed by atoms with Gasteiger partial charge in [-0.05, 0) is 150 Å². The highest BCUT2D eigenvalue weighted by Crippen LogP contribution is 2.44. The van der Waals surface area contributed by atoms with Gasteiger partial charge in [-0.1, -0.05) is 188 Å². The third-order valence-corrected chi connectivity index (χ3v) is 14.6. The van der Waals surface area contributed by atoms with E-state index in [4.69, 9.17) is 9.98 Å². The summed E-state index contributed by atoms with van der Waals surface area (Å²) in [4.78, 5) is 13.6. The maximum atomic E-state index is 11.9. The zero-order chi connectivity index (χ0) is 53.9. The molecule has 0 aromatic heterocycles. The number of amidine groups is 2. The molecule has 0 radical (unpaired) electrons. The summed E-state index contributed by atoms with van der Waals surface area (Å²) in [6.07, 6.45) is 3.82. The Morgan fingerprint density at radius 3 is 1.06 bits per heavy atom. The first-order valence-corrected chi connectivity index (χ1v) is 26.4. The standard InChI is InChI=1S/C64H95N3O4/c1-38-30-44(58(3,4)5)54(68)39(2)43(38)37-67-52(28-25-41-33-47(61(12,13)14)56(70)48(34-41)62(15,16)17)65-51(27-24-40-31-45(59(6,7)8)55(69)46(32-40)60(9,10)11)66-53(67)29-26-42-35-49(63(18,19)20)57(71)50(36-42)64(21,22)23/h30-36,52,68-71H,24-29,37H2,1-23H3. The minimum Gasteiger partial charge on any atom is -0.507 e. The molecular formula is C64H95N3O4. The average molecular weight is 970 g/mol. The lowest BCUT2D eigenvalue weighted by Crippen LogP contribution is -2.43. The van der Waals surface area contributed by atoms with Crippen molar-refractivity contribution in [3.8, 4) is 23.0 Å². The van der Waals surface area contributed by atoms with E-state index < -0.39 is 0 Å². The molecule has 0 amide bonds. The van der Waals surface area contributed by atoms with Crippen molar-refractivity contribution in [3.63, 3.8) is 0 Å². The fourth-order valence-electron chi connectivity index (χ4n) is 10.1. The number of nitrogens with zero attached hydrogens (tertiary/aromatic N) is 3. The number of aryl methyl sites for hydroxylation is 4. The van der Waals surface area contributed by atoms with Gasteiger partial charge in [-0.2, -0.15) is 0 Å². The summed E-state index contributed by atoms with van der Waals surface area (Å²) in [6, 6.07) is 15.3. The molecule has 71 heavy (non-hydrogen) atoms. The lowest BCUT2D eigenvalue weighted by atomic mass is 9.78. The lowest BCUT2D eigenvalue weighted by Gasteiger charge is -2.37. The van der Waals surface area contributed by atoms with Gasteiger partial charge in [0.1, 0.15) is 40.8 Å². The maximum absolute atomic E-state index is 11.9. The van der Waals surface area contributed by atoms with Crippen molar-refractivity contribution in [2.24, 2.45) is 9.98 Å². The molecule has 1 aliphatic rings. The Morgan fingerprint density at radius 1 is 0.408 bits per heavy atom. The van der Waals surface area contributed by atoms with Crippen LogP contribution in [0, 0.1) is 13.8 Å². The molecular weight excluding hydrogens is 875 g/mol. The van der Waals surface area contributed by atoms with E-state index in [0.29, 0.717) is 61.6 Å². The van der Waals surface area contributed by atoms with Gasteiger partial charge in [0.25, 0.3) is 0 Å². The smallest absolute Gasteiger partial charge is 0.128 e. The van der Waals surface area contributed by atoms with Crippen molar-refractivity contribution in [3.05, 3.63) is 115 Å². The van der Waals surface area contributed by atoms with Gasteiger partial charge in [-0.15, -0.1) is 0 Å². The van der Waals surface area contributed by atoms with Gasteiger partial charge in [-0.25, -0.2) is 9.98 Å². The van der Waals surface area contributed by atoms with Crippen molar-refractivity contribution in [1.82, 2.24) is 4.90 Å². The zero-order valence-electron chi connectivity index (χ0n) is 48.7. The van der Waals surface area contributed by atoms with Crippen molar-refractivity contribution < 1.29 is 20.4 Å². The van der Waals surface area contributed by atoms with E-state index in [2.05, 4.69) is 200 Å². The van der Waals surface area contributed by atoms with E-state index in [0.717, 1.165) is 84.9 Å². The third kappa shape index (κ3) is 13.3. The van der Waals surface area contributed by atoms with E-state index in [1.165, 1.54) is 5.56 Å². The number of phenolic OH excluding ortho intramolecular Hbond substituents is 4. The monoisotopic (exact) mass is 970 g/mol. The van der Waals surface area contributed by atoms with Crippen LogP contribution >= 0.6 is 0 Å². The second kappa shape index (κ2) is 19.9. The molecule has 1 heterocycles. The molecule has 7 heteroatoms. The first-order chi connectivity index (χ1) is 32.1. The van der Waals surface area contributed by atoms with E-state index in [1.54, 1.807) is 0 Å². The summed E-state index contributed by atoms with van der Waals surface area (Å²) in [5.41, 5.74) is 11.4. The van der Waals surface area contributed by atoms with Crippen LogP contribution in [0.2, 0.25) is 0 Å². The number of phenols is 4. The van der Waals surface area contributed by atoms with Crippen LogP contribution in [0.1, 0.15) is 237 Å². The Kier molecular flexibility index (Phi) is 16.0. The number of benzene rings is 4. The van der Waals surface area contributed by atoms with Crippen molar-refractivity contribution in [1.29, 1.82) is 0 Å².